The standard InChI is InChI=1S/C23H23F3N2O5/c1-2-7-18(20(29)28-19(21(30)31)23(24,25)26)27-22(32)33-12-17-15-10-5-3-8-13(15)14-9-4-6-11-16(14)17/h3-6,8-11,17-19H,2,7,12H2,1H3,(H,27,32)(H,28,29)(H,30,31)/t18-,19?/m0/s1. The molecule has 0 bridgehead atoms. The van der Waals surface area contributed by atoms with Crippen LogP contribution in [0.15, 0.2) is 48.5 Å². The minimum Gasteiger partial charge on any atom is -0.479 e. The number of rotatable bonds is 8. The van der Waals surface area contributed by atoms with Gasteiger partial charge in [-0.15, -0.1) is 0 Å². The normalized spacial score (nSPS) is 14.5. The number of nitrogens with one attached hydrogen (secondary N) is 2. The van der Waals surface area contributed by atoms with Gasteiger partial charge in [-0.1, -0.05) is 61.9 Å². The van der Waals surface area contributed by atoms with E-state index in [1.165, 1.54) is 5.32 Å². The fraction of sp³-hybridized carbons (Fsp3) is 0.348. The van der Waals surface area contributed by atoms with Crippen molar-refractivity contribution in [2.45, 2.75) is 43.9 Å². The van der Waals surface area contributed by atoms with Crippen LogP contribution < -0.4 is 10.6 Å². The van der Waals surface area contributed by atoms with E-state index in [-0.39, 0.29) is 18.9 Å². The number of ether oxygens (including phenoxy) is 1. The number of alkyl halides is 3. The number of aliphatic carboxylic acids is 1. The summed E-state index contributed by atoms with van der Waals surface area (Å²) in [6.07, 6.45) is -5.81. The zero-order valence-corrected chi connectivity index (χ0v) is 17.7. The zero-order chi connectivity index (χ0) is 24.2. The SMILES string of the molecule is CCC[C@H](NC(=O)OCC1c2ccccc2-c2ccccc21)C(=O)NC(C(=O)O)C(F)(F)F. The molecule has 1 unspecified atom stereocenters. The fourth-order valence-electron chi connectivity index (χ4n) is 3.87. The molecule has 2 aromatic carbocycles. The van der Waals surface area contributed by atoms with Gasteiger partial charge in [0.2, 0.25) is 11.9 Å². The molecule has 0 fully saturated rings. The number of hydrogen-bond donors (Lipinski definition) is 3. The Morgan fingerprint density at radius 1 is 1.00 bits per heavy atom. The van der Waals surface area contributed by atoms with Gasteiger partial charge in [-0.2, -0.15) is 13.2 Å². The smallest absolute Gasteiger partial charge is 0.419 e. The van der Waals surface area contributed by atoms with Crippen molar-refractivity contribution in [3.05, 3.63) is 59.7 Å². The monoisotopic (exact) mass is 464 g/mol. The summed E-state index contributed by atoms with van der Waals surface area (Å²) in [6, 6.07) is 10.9. The van der Waals surface area contributed by atoms with Crippen LogP contribution in [0, 0.1) is 0 Å². The molecule has 2 atom stereocenters. The summed E-state index contributed by atoms with van der Waals surface area (Å²) in [5.74, 6) is -3.73. The second kappa shape index (κ2) is 9.93. The largest absolute Gasteiger partial charge is 0.479 e. The summed E-state index contributed by atoms with van der Waals surface area (Å²) in [7, 11) is 0. The summed E-state index contributed by atoms with van der Waals surface area (Å²) in [6.45, 7) is 1.62. The highest BCUT2D eigenvalue weighted by Gasteiger charge is 2.47. The van der Waals surface area contributed by atoms with Gasteiger partial charge in [-0.25, -0.2) is 9.59 Å². The number of carbonyl (C=O) groups excluding carboxylic acids is 2. The van der Waals surface area contributed by atoms with Gasteiger partial charge in [0.1, 0.15) is 12.6 Å². The average molecular weight is 464 g/mol. The lowest BCUT2D eigenvalue weighted by Crippen LogP contribution is -2.56. The molecule has 2 aromatic rings. The molecule has 0 saturated carbocycles. The van der Waals surface area contributed by atoms with Crippen molar-refractivity contribution in [3.63, 3.8) is 0 Å². The van der Waals surface area contributed by atoms with Crippen LogP contribution in [0.25, 0.3) is 11.1 Å². The molecule has 10 heteroatoms. The molecule has 0 saturated heterocycles. The van der Waals surface area contributed by atoms with Crippen LogP contribution in [0.3, 0.4) is 0 Å². The third-order valence-corrected chi connectivity index (χ3v) is 5.39. The Kier molecular flexibility index (Phi) is 7.25. The van der Waals surface area contributed by atoms with Gasteiger partial charge in [0.15, 0.2) is 0 Å². The number of halogens is 3. The van der Waals surface area contributed by atoms with E-state index in [2.05, 4.69) is 5.32 Å². The Morgan fingerprint density at radius 2 is 1.55 bits per heavy atom. The Balaban J connectivity index is 1.66. The molecule has 7 nitrogen and oxygen atoms in total. The molecule has 0 heterocycles. The van der Waals surface area contributed by atoms with E-state index in [0.29, 0.717) is 6.42 Å². The molecule has 2 amide bonds. The lowest BCUT2D eigenvalue weighted by molar-refractivity contribution is -0.182. The van der Waals surface area contributed by atoms with Gasteiger partial charge in [0.05, 0.1) is 0 Å². The minimum absolute atomic E-state index is 0.000223. The first-order chi connectivity index (χ1) is 15.6. The van der Waals surface area contributed by atoms with Crippen LogP contribution in [-0.4, -0.2) is 47.9 Å². The lowest BCUT2D eigenvalue weighted by atomic mass is 9.98. The number of carboxylic acid groups (broad SMARTS) is 1. The number of carboxylic acids is 1. The van der Waals surface area contributed by atoms with Gasteiger partial charge in [-0.05, 0) is 28.7 Å². The zero-order valence-electron chi connectivity index (χ0n) is 17.7. The number of benzene rings is 2. The second-order valence-corrected chi connectivity index (χ2v) is 7.63. The molecule has 3 rings (SSSR count). The minimum atomic E-state index is -5.18. The van der Waals surface area contributed by atoms with Gasteiger partial charge in [-0.3, -0.25) is 4.79 Å². The maximum Gasteiger partial charge on any atom is 0.419 e. The first-order valence-corrected chi connectivity index (χ1v) is 10.3. The van der Waals surface area contributed by atoms with E-state index < -0.39 is 36.2 Å². The van der Waals surface area contributed by atoms with Crippen molar-refractivity contribution in [1.82, 2.24) is 10.6 Å². The number of carbonyl (C=O) groups is 3. The van der Waals surface area contributed by atoms with Crippen LogP contribution in [0.1, 0.15) is 36.8 Å². The van der Waals surface area contributed by atoms with Crippen LogP contribution in [0.4, 0.5) is 18.0 Å². The van der Waals surface area contributed by atoms with E-state index in [0.717, 1.165) is 22.3 Å². The van der Waals surface area contributed by atoms with Crippen molar-refractivity contribution in [2.24, 2.45) is 0 Å². The molecule has 176 valence electrons. The molecule has 0 spiro atoms. The summed E-state index contributed by atoms with van der Waals surface area (Å²) in [4.78, 5) is 35.5. The highest BCUT2D eigenvalue weighted by atomic mass is 19.4. The molecule has 1 aliphatic carbocycles. The Bertz CT molecular complexity index is 995. The van der Waals surface area contributed by atoms with Crippen molar-refractivity contribution in [3.8, 4) is 11.1 Å². The first-order valence-electron chi connectivity index (χ1n) is 10.3. The predicted octanol–water partition coefficient (Wildman–Crippen LogP) is 3.83. The highest BCUT2D eigenvalue weighted by molar-refractivity contribution is 5.89. The maximum atomic E-state index is 12.9. The van der Waals surface area contributed by atoms with Crippen LogP contribution in [-0.2, 0) is 14.3 Å². The van der Waals surface area contributed by atoms with Crippen molar-refractivity contribution >= 4 is 18.0 Å². The molecule has 33 heavy (non-hydrogen) atoms. The quantitative estimate of drug-likeness (QED) is 0.551. The Hall–Kier alpha value is -3.56. The summed E-state index contributed by atoms with van der Waals surface area (Å²) in [5, 5.41) is 12.5. The lowest BCUT2D eigenvalue weighted by Gasteiger charge is -2.22. The van der Waals surface area contributed by atoms with E-state index >= 15 is 0 Å². The van der Waals surface area contributed by atoms with Gasteiger partial charge >= 0.3 is 18.2 Å². The van der Waals surface area contributed by atoms with Crippen LogP contribution in [0.5, 0.6) is 0 Å². The van der Waals surface area contributed by atoms with Gasteiger partial charge in [0.25, 0.3) is 0 Å². The van der Waals surface area contributed by atoms with Gasteiger partial charge < -0.3 is 20.5 Å². The average Bonchev–Trinajstić information content (AvgIpc) is 3.08. The number of fused-ring (bicyclic) bond motifs is 3. The molecule has 0 radical (unpaired) electrons. The van der Waals surface area contributed by atoms with Crippen molar-refractivity contribution in [2.75, 3.05) is 6.61 Å². The van der Waals surface area contributed by atoms with Crippen molar-refractivity contribution in [1.29, 1.82) is 0 Å². The summed E-state index contributed by atoms with van der Waals surface area (Å²) >= 11 is 0. The van der Waals surface area contributed by atoms with Gasteiger partial charge in [0, 0.05) is 5.92 Å². The molecule has 3 N–H and O–H groups in total. The van der Waals surface area contributed by atoms with E-state index in [9.17, 15) is 27.6 Å². The third kappa shape index (κ3) is 5.44. The topological polar surface area (TPSA) is 105 Å². The molecule has 1 aliphatic rings. The first kappa shape index (κ1) is 24.1. The maximum absolute atomic E-state index is 12.9. The number of alkyl carbamates (subject to hydrolysis) is 1. The van der Waals surface area contributed by atoms with E-state index in [4.69, 9.17) is 9.84 Å². The van der Waals surface area contributed by atoms with Crippen LogP contribution >= 0.6 is 0 Å². The van der Waals surface area contributed by atoms with Crippen LogP contribution in [0.2, 0.25) is 0 Å². The summed E-state index contributed by atoms with van der Waals surface area (Å²) in [5.41, 5.74) is 4.00. The summed E-state index contributed by atoms with van der Waals surface area (Å²) < 4.78 is 43.9. The fourth-order valence-corrected chi connectivity index (χ4v) is 3.87. The molecular formula is C23H23F3N2O5. The predicted molar refractivity (Wildman–Crippen MR) is 113 cm³/mol. The molecular weight excluding hydrogens is 441 g/mol. The van der Waals surface area contributed by atoms with Crippen molar-refractivity contribution < 1.29 is 37.4 Å². The molecule has 0 aromatic heterocycles. The second-order valence-electron chi connectivity index (χ2n) is 7.63. The number of amides is 2. The van der Waals surface area contributed by atoms with E-state index in [1.54, 1.807) is 6.92 Å². The highest BCUT2D eigenvalue weighted by Crippen LogP contribution is 2.44. The van der Waals surface area contributed by atoms with E-state index in [1.807, 2.05) is 48.5 Å². The third-order valence-electron chi connectivity index (χ3n) is 5.39. The Labute approximate surface area is 187 Å². The Morgan fingerprint density at radius 3 is 2.03 bits per heavy atom. The molecule has 0 aliphatic heterocycles. The number of hydrogen-bond acceptors (Lipinski definition) is 4.